The third-order valence-electron chi connectivity index (χ3n) is 6.81. The van der Waals surface area contributed by atoms with Crippen molar-refractivity contribution < 1.29 is 19.1 Å². The minimum absolute atomic E-state index is 0.0319. The number of rotatable bonds is 12. The quantitative estimate of drug-likeness (QED) is 0.411. The highest BCUT2D eigenvalue weighted by atomic mass is 32.1. The minimum Gasteiger partial charge on any atom is -0.493 e. The van der Waals surface area contributed by atoms with E-state index in [1.54, 1.807) is 30.5 Å². The Morgan fingerprint density at radius 1 is 1.03 bits per heavy atom. The van der Waals surface area contributed by atoms with Crippen LogP contribution in [0.1, 0.15) is 61.5 Å². The lowest BCUT2D eigenvalue weighted by molar-refractivity contribution is -0.132. The van der Waals surface area contributed by atoms with Crippen molar-refractivity contribution in [2.75, 3.05) is 33.9 Å². The Labute approximate surface area is 219 Å². The summed E-state index contributed by atoms with van der Waals surface area (Å²) in [6.07, 6.45) is 7.08. The maximum Gasteiger partial charge on any atom is 0.318 e. The molecular formula is C28H41N3O4S. The molecule has 7 nitrogen and oxygen atoms in total. The molecule has 3 rings (SSSR count). The van der Waals surface area contributed by atoms with Crippen molar-refractivity contribution in [1.29, 1.82) is 0 Å². The van der Waals surface area contributed by atoms with Gasteiger partial charge in [-0.05, 0) is 67.3 Å². The smallest absolute Gasteiger partial charge is 0.318 e. The number of hydrogen-bond acceptors (Lipinski definition) is 5. The maximum atomic E-state index is 13.6. The van der Waals surface area contributed by atoms with Crippen molar-refractivity contribution in [3.05, 3.63) is 45.6 Å². The van der Waals surface area contributed by atoms with Crippen LogP contribution in [0.2, 0.25) is 0 Å². The number of nitrogens with one attached hydrogen (secondary N) is 1. The standard InChI is InChI=1S/C28H41N3O4S/c1-5-15-31(28(33)29-23-9-7-6-8-10-23)20-27(32)30(19-26-21(2)14-17-36-26)16-13-22-11-12-24(34-3)25(18-22)35-4/h11-12,14,17-18,23H,5-10,13,15-16,19-20H2,1-4H3,(H,29,33). The summed E-state index contributed by atoms with van der Waals surface area (Å²) in [7, 11) is 3.24. The Morgan fingerprint density at radius 2 is 1.78 bits per heavy atom. The molecule has 36 heavy (non-hydrogen) atoms. The molecule has 198 valence electrons. The van der Waals surface area contributed by atoms with E-state index in [2.05, 4.69) is 23.7 Å². The lowest BCUT2D eigenvalue weighted by Crippen LogP contribution is -2.50. The van der Waals surface area contributed by atoms with E-state index in [0.29, 0.717) is 37.6 Å². The molecule has 0 radical (unpaired) electrons. The first kappa shape index (κ1) is 27.8. The Morgan fingerprint density at radius 3 is 2.42 bits per heavy atom. The fourth-order valence-corrected chi connectivity index (χ4v) is 5.55. The summed E-state index contributed by atoms with van der Waals surface area (Å²) in [6, 6.07) is 8.03. The Balaban J connectivity index is 1.70. The molecule has 1 aromatic carbocycles. The van der Waals surface area contributed by atoms with E-state index in [0.717, 1.165) is 37.7 Å². The average molecular weight is 516 g/mol. The molecule has 0 bridgehead atoms. The van der Waals surface area contributed by atoms with Gasteiger partial charge < -0.3 is 24.6 Å². The lowest BCUT2D eigenvalue weighted by atomic mass is 9.96. The molecule has 8 heteroatoms. The van der Waals surface area contributed by atoms with E-state index in [1.165, 1.54) is 16.9 Å². The number of thiophene rings is 1. The number of urea groups is 1. The molecule has 3 amide bonds. The van der Waals surface area contributed by atoms with Crippen molar-refractivity contribution >= 4 is 23.3 Å². The van der Waals surface area contributed by atoms with Crippen molar-refractivity contribution in [2.24, 2.45) is 0 Å². The van der Waals surface area contributed by atoms with Crippen LogP contribution in [0.5, 0.6) is 11.5 Å². The SMILES string of the molecule is CCCN(CC(=O)N(CCc1ccc(OC)c(OC)c1)Cc1sccc1C)C(=O)NC1CCCCC1. The number of carbonyl (C=O) groups excluding carboxylic acids is 2. The highest BCUT2D eigenvalue weighted by Crippen LogP contribution is 2.28. The Kier molecular flexibility index (Phi) is 10.9. The molecule has 1 aromatic heterocycles. The zero-order chi connectivity index (χ0) is 25.9. The summed E-state index contributed by atoms with van der Waals surface area (Å²) in [5, 5.41) is 5.23. The number of amides is 3. The van der Waals surface area contributed by atoms with E-state index >= 15 is 0 Å². The van der Waals surface area contributed by atoms with E-state index in [4.69, 9.17) is 9.47 Å². The molecule has 0 spiro atoms. The highest BCUT2D eigenvalue weighted by Gasteiger charge is 2.24. The minimum atomic E-state index is -0.121. The second-order valence-electron chi connectivity index (χ2n) is 9.49. The monoisotopic (exact) mass is 515 g/mol. The highest BCUT2D eigenvalue weighted by molar-refractivity contribution is 7.10. The topological polar surface area (TPSA) is 71.1 Å². The first-order valence-corrected chi connectivity index (χ1v) is 13.9. The average Bonchev–Trinajstić information content (AvgIpc) is 3.30. The van der Waals surface area contributed by atoms with Gasteiger partial charge in [0.25, 0.3) is 0 Å². The van der Waals surface area contributed by atoms with Gasteiger partial charge in [-0.15, -0.1) is 11.3 Å². The van der Waals surface area contributed by atoms with Gasteiger partial charge in [0, 0.05) is 24.0 Å². The van der Waals surface area contributed by atoms with Gasteiger partial charge in [0.1, 0.15) is 6.54 Å². The molecule has 0 unspecified atom stereocenters. The van der Waals surface area contributed by atoms with E-state index in [1.807, 2.05) is 30.0 Å². The van der Waals surface area contributed by atoms with Crippen LogP contribution in [0.4, 0.5) is 4.79 Å². The largest absolute Gasteiger partial charge is 0.493 e. The Hall–Kier alpha value is -2.74. The molecule has 1 fully saturated rings. The van der Waals surface area contributed by atoms with Crippen molar-refractivity contribution in [2.45, 2.75) is 71.4 Å². The molecule has 1 saturated carbocycles. The van der Waals surface area contributed by atoms with Crippen molar-refractivity contribution in [1.82, 2.24) is 15.1 Å². The van der Waals surface area contributed by atoms with Crippen molar-refractivity contribution in [3.63, 3.8) is 0 Å². The van der Waals surface area contributed by atoms with Crippen LogP contribution in [0.3, 0.4) is 0 Å². The predicted molar refractivity (Wildman–Crippen MR) is 145 cm³/mol. The first-order valence-electron chi connectivity index (χ1n) is 13.0. The van der Waals surface area contributed by atoms with Gasteiger partial charge in [-0.3, -0.25) is 4.79 Å². The third kappa shape index (κ3) is 7.88. The molecule has 2 aromatic rings. The van der Waals surface area contributed by atoms with E-state index < -0.39 is 0 Å². The summed E-state index contributed by atoms with van der Waals surface area (Å²) in [4.78, 5) is 31.4. The first-order chi connectivity index (χ1) is 17.4. The van der Waals surface area contributed by atoms with Gasteiger partial charge in [0.15, 0.2) is 11.5 Å². The lowest BCUT2D eigenvalue weighted by Gasteiger charge is -2.30. The predicted octanol–water partition coefficient (Wildman–Crippen LogP) is 5.40. The molecule has 1 N–H and O–H groups in total. The summed E-state index contributed by atoms with van der Waals surface area (Å²) >= 11 is 1.66. The van der Waals surface area contributed by atoms with Gasteiger partial charge in [-0.2, -0.15) is 0 Å². The summed E-state index contributed by atoms with van der Waals surface area (Å²) in [5.74, 6) is 1.33. The van der Waals surface area contributed by atoms with Crippen LogP contribution in [0.25, 0.3) is 0 Å². The number of methoxy groups -OCH3 is 2. The van der Waals surface area contributed by atoms with Gasteiger partial charge in [-0.1, -0.05) is 32.3 Å². The van der Waals surface area contributed by atoms with Crippen LogP contribution in [-0.4, -0.2) is 61.6 Å². The summed E-state index contributed by atoms with van der Waals surface area (Å²) in [5.41, 5.74) is 2.25. The van der Waals surface area contributed by atoms with Crippen LogP contribution in [0, 0.1) is 6.92 Å². The second-order valence-corrected chi connectivity index (χ2v) is 10.5. The fourth-order valence-electron chi connectivity index (χ4n) is 4.63. The number of ether oxygens (including phenoxy) is 2. The zero-order valence-electron chi connectivity index (χ0n) is 22.2. The van der Waals surface area contributed by atoms with Crippen LogP contribution in [0.15, 0.2) is 29.6 Å². The van der Waals surface area contributed by atoms with E-state index in [9.17, 15) is 9.59 Å². The van der Waals surface area contributed by atoms with Crippen molar-refractivity contribution in [3.8, 4) is 11.5 Å². The normalized spacial score (nSPS) is 13.8. The molecule has 1 heterocycles. The maximum absolute atomic E-state index is 13.6. The van der Waals surface area contributed by atoms with Gasteiger partial charge in [-0.25, -0.2) is 4.79 Å². The van der Waals surface area contributed by atoms with Crippen LogP contribution in [-0.2, 0) is 17.8 Å². The van der Waals surface area contributed by atoms with E-state index in [-0.39, 0.29) is 24.5 Å². The van der Waals surface area contributed by atoms with Crippen LogP contribution >= 0.6 is 11.3 Å². The molecule has 1 aliphatic carbocycles. The molecule has 1 aliphatic rings. The van der Waals surface area contributed by atoms with Gasteiger partial charge in [0.05, 0.1) is 20.8 Å². The van der Waals surface area contributed by atoms with Crippen LogP contribution < -0.4 is 14.8 Å². The number of aryl methyl sites for hydroxylation is 1. The molecular weight excluding hydrogens is 474 g/mol. The molecule has 0 atom stereocenters. The number of hydrogen-bond donors (Lipinski definition) is 1. The van der Waals surface area contributed by atoms with Gasteiger partial charge in [0.2, 0.25) is 5.91 Å². The molecule has 0 saturated heterocycles. The summed E-state index contributed by atoms with van der Waals surface area (Å²) < 4.78 is 10.8. The number of benzene rings is 1. The fraction of sp³-hybridized carbons (Fsp3) is 0.571. The second kappa shape index (κ2) is 14.1. The number of nitrogens with zero attached hydrogens (tertiary/aromatic N) is 2. The summed E-state index contributed by atoms with van der Waals surface area (Å²) in [6.45, 7) is 5.85. The number of carbonyl (C=O) groups is 2. The third-order valence-corrected chi connectivity index (χ3v) is 7.82. The molecule has 0 aliphatic heterocycles. The van der Waals surface area contributed by atoms with Gasteiger partial charge >= 0.3 is 6.03 Å². The zero-order valence-corrected chi connectivity index (χ0v) is 23.0. The Bertz CT molecular complexity index is 987.